The van der Waals surface area contributed by atoms with Crippen molar-refractivity contribution in [2.45, 2.75) is 13.3 Å². The summed E-state index contributed by atoms with van der Waals surface area (Å²) in [5, 5.41) is 0.819. The molecular formula is C15H14ClIO. The van der Waals surface area contributed by atoms with Crippen LogP contribution in [0.15, 0.2) is 42.5 Å². The standard InChI is InChI=1S/C15H14ClIO/c1-2-18-13-8-6-11(7-9-13)10-12-4-3-5-14(16)15(12)17/h3-9H,2,10H2,1H3. The lowest BCUT2D eigenvalue weighted by Crippen LogP contribution is -1.94. The molecule has 2 aromatic rings. The van der Waals surface area contributed by atoms with Crippen molar-refractivity contribution in [1.29, 1.82) is 0 Å². The topological polar surface area (TPSA) is 9.23 Å². The van der Waals surface area contributed by atoms with Gasteiger partial charge in [-0.15, -0.1) is 0 Å². The average molecular weight is 373 g/mol. The van der Waals surface area contributed by atoms with E-state index in [0.717, 1.165) is 20.8 Å². The first-order valence-corrected chi connectivity index (χ1v) is 7.31. The van der Waals surface area contributed by atoms with Crippen molar-refractivity contribution >= 4 is 34.2 Å². The molecule has 0 amide bonds. The first-order valence-electron chi connectivity index (χ1n) is 5.85. The Morgan fingerprint density at radius 3 is 2.50 bits per heavy atom. The number of rotatable bonds is 4. The Morgan fingerprint density at radius 1 is 1.11 bits per heavy atom. The summed E-state index contributed by atoms with van der Waals surface area (Å²) in [5.74, 6) is 0.919. The molecule has 94 valence electrons. The summed E-state index contributed by atoms with van der Waals surface area (Å²) >= 11 is 8.41. The minimum absolute atomic E-state index is 0.700. The van der Waals surface area contributed by atoms with Crippen LogP contribution in [-0.2, 0) is 6.42 Å². The molecule has 1 nitrogen and oxygen atoms in total. The summed E-state index contributed by atoms with van der Waals surface area (Å²) in [4.78, 5) is 0. The molecule has 0 aliphatic rings. The fraction of sp³-hybridized carbons (Fsp3) is 0.200. The van der Waals surface area contributed by atoms with Gasteiger partial charge >= 0.3 is 0 Å². The zero-order valence-electron chi connectivity index (χ0n) is 10.1. The Balaban J connectivity index is 2.16. The van der Waals surface area contributed by atoms with Gasteiger partial charge in [-0.2, -0.15) is 0 Å². The molecule has 18 heavy (non-hydrogen) atoms. The van der Waals surface area contributed by atoms with Gasteiger partial charge in [0.1, 0.15) is 5.75 Å². The van der Waals surface area contributed by atoms with Gasteiger partial charge in [0.15, 0.2) is 0 Å². The van der Waals surface area contributed by atoms with Crippen LogP contribution in [0.2, 0.25) is 5.02 Å². The first kappa shape index (κ1) is 13.7. The third kappa shape index (κ3) is 3.39. The van der Waals surface area contributed by atoms with Gasteiger partial charge in [-0.05, 0) is 65.3 Å². The Labute approximate surface area is 126 Å². The number of hydrogen-bond acceptors (Lipinski definition) is 1. The summed E-state index contributed by atoms with van der Waals surface area (Å²) in [7, 11) is 0. The number of benzene rings is 2. The largest absolute Gasteiger partial charge is 0.494 e. The van der Waals surface area contributed by atoms with Gasteiger partial charge in [0.2, 0.25) is 0 Å². The highest BCUT2D eigenvalue weighted by molar-refractivity contribution is 14.1. The molecule has 0 N–H and O–H groups in total. The SMILES string of the molecule is CCOc1ccc(Cc2cccc(Cl)c2I)cc1. The van der Waals surface area contributed by atoms with Crippen LogP contribution < -0.4 is 4.74 Å². The molecule has 0 aliphatic heterocycles. The van der Waals surface area contributed by atoms with Gasteiger partial charge in [-0.25, -0.2) is 0 Å². The van der Waals surface area contributed by atoms with E-state index < -0.39 is 0 Å². The Bertz CT molecular complexity index is 523. The Morgan fingerprint density at radius 2 is 1.83 bits per heavy atom. The highest BCUT2D eigenvalue weighted by Crippen LogP contribution is 2.24. The van der Waals surface area contributed by atoms with Crippen LogP contribution in [0.4, 0.5) is 0 Å². The fourth-order valence-corrected chi connectivity index (χ4v) is 2.52. The first-order chi connectivity index (χ1) is 8.70. The maximum Gasteiger partial charge on any atom is 0.119 e. The lowest BCUT2D eigenvalue weighted by atomic mass is 10.1. The molecule has 0 aliphatic carbocycles. The third-order valence-electron chi connectivity index (χ3n) is 2.66. The predicted octanol–water partition coefficient (Wildman–Crippen LogP) is 4.93. The van der Waals surface area contributed by atoms with E-state index in [9.17, 15) is 0 Å². The van der Waals surface area contributed by atoms with Gasteiger partial charge in [0.05, 0.1) is 11.6 Å². The molecule has 0 bridgehead atoms. The zero-order valence-corrected chi connectivity index (χ0v) is 13.0. The minimum atomic E-state index is 0.700. The van der Waals surface area contributed by atoms with Crippen LogP contribution in [0.25, 0.3) is 0 Å². The summed E-state index contributed by atoms with van der Waals surface area (Å²) in [6, 6.07) is 14.2. The quantitative estimate of drug-likeness (QED) is 0.691. The van der Waals surface area contributed by atoms with E-state index in [-0.39, 0.29) is 0 Å². The highest BCUT2D eigenvalue weighted by Gasteiger charge is 2.04. The van der Waals surface area contributed by atoms with Crippen molar-refractivity contribution < 1.29 is 4.74 Å². The summed E-state index contributed by atoms with van der Waals surface area (Å²) in [6.45, 7) is 2.69. The lowest BCUT2D eigenvalue weighted by Gasteiger charge is -2.07. The van der Waals surface area contributed by atoms with Crippen LogP contribution in [-0.4, -0.2) is 6.61 Å². The van der Waals surface area contributed by atoms with E-state index in [1.165, 1.54) is 11.1 Å². The molecule has 0 radical (unpaired) electrons. The molecule has 0 saturated carbocycles. The Hall–Kier alpha value is -0.740. The van der Waals surface area contributed by atoms with E-state index in [4.69, 9.17) is 16.3 Å². The second-order valence-corrected chi connectivity index (χ2v) is 5.45. The molecule has 0 unspecified atom stereocenters. The van der Waals surface area contributed by atoms with Gasteiger partial charge < -0.3 is 4.74 Å². The molecule has 2 rings (SSSR count). The van der Waals surface area contributed by atoms with Crippen LogP contribution in [0.5, 0.6) is 5.75 Å². The molecular weight excluding hydrogens is 359 g/mol. The predicted molar refractivity (Wildman–Crippen MR) is 84.6 cm³/mol. The van der Waals surface area contributed by atoms with E-state index in [1.807, 2.05) is 31.2 Å². The monoisotopic (exact) mass is 372 g/mol. The van der Waals surface area contributed by atoms with Gasteiger partial charge in [0.25, 0.3) is 0 Å². The summed E-state index contributed by atoms with van der Waals surface area (Å²) in [5.41, 5.74) is 2.52. The van der Waals surface area contributed by atoms with Gasteiger partial charge in [-0.3, -0.25) is 0 Å². The molecule has 0 atom stereocenters. The highest BCUT2D eigenvalue weighted by atomic mass is 127. The van der Waals surface area contributed by atoms with Crippen LogP contribution >= 0.6 is 34.2 Å². The number of hydrogen-bond donors (Lipinski definition) is 0. The molecule has 0 heterocycles. The number of halogens is 2. The van der Waals surface area contributed by atoms with E-state index >= 15 is 0 Å². The molecule has 0 fully saturated rings. The van der Waals surface area contributed by atoms with Crippen molar-refractivity contribution in [2.75, 3.05) is 6.61 Å². The van der Waals surface area contributed by atoms with E-state index in [2.05, 4.69) is 40.8 Å². The Kier molecular flexibility index (Phi) is 4.89. The van der Waals surface area contributed by atoms with Crippen molar-refractivity contribution in [2.24, 2.45) is 0 Å². The second-order valence-electron chi connectivity index (χ2n) is 3.97. The summed E-state index contributed by atoms with van der Waals surface area (Å²) < 4.78 is 6.56. The molecule has 0 aromatic heterocycles. The smallest absolute Gasteiger partial charge is 0.119 e. The molecule has 2 aromatic carbocycles. The van der Waals surface area contributed by atoms with Crippen LogP contribution in [0, 0.1) is 3.57 Å². The minimum Gasteiger partial charge on any atom is -0.494 e. The molecule has 3 heteroatoms. The lowest BCUT2D eigenvalue weighted by molar-refractivity contribution is 0.340. The van der Waals surface area contributed by atoms with Crippen LogP contribution in [0.1, 0.15) is 18.1 Å². The van der Waals surface area contributed by atoms with Crippen molar-refractivity contribution in [3.8, 4) is 5.75 Å². The third-order valence-corrected chi connectivity index (χ3v) is 4.57. The average Bonchev–Trinajstić information content (AvgIpc) is 2.38. The van der Waals surface area contributed by atoms with Crippen LogP contribution in [0.3, 0.4) is 0 Å². The van der Waals surface area contributed by atoms with Gasteiger partial charge in [-0.1, -0.05) is 35.9 Å². The molecule has 0 spiro atoms. The van der Waals surface area contributed by atoms with Gasteiger partial charge in [0, 0.05) is 3.57 Å². The second kappa shape index (κ2) is 6.43. The van der Waals surface area contributed by atoms with Crippen molar-refractivity contribution in [1.82, 2.24) is 0 Å². The fourth-order valence-electron chi connectivity index (χ4n) is 1.78. The van der Waals surface area contributed by atoms with Crippen molar-refractivity contribution in [3.63, 3.8) is 0 Å². The maximum atomic E-state index is 6.12. The van der Waals surface area contributed by atoms with E-state index in [0.29, 0.717) is 6.61 Å². The maximum absolute atomic E-state index is 6.12. The zero-order chi connectivity index (χ0) is 13.0. The molecule has 0 saturated heterocycles. The number of ether oxygens (including phenoxy) is 1. The summed E-state index contributed by atoms with van der Waals surface area (Å²) in [6.07, 6.45) is 0.894. The van der Waals surface area contributed by atoms with Crippen molar-refractivity contribution in [3.05, 3.63) is 62.2 Å². The van der Waals surface area contributed by atoms with E-state index in [1.54, 1.807) is 0 Å². The normalized spacial score (nSPS) is 10.4.